The lowest BCUT2D eigenvalue weighted by molar-refractivity contribution is -0.159. The molecule has 0 fully saturated rings. The summed E-state index contributed by atoms with van der Waals surface area (Å²) >= 11 is 1.36. The summed E-state index contributed by atoms with van der Waals surface area (Å²) in [5.74, 6) is -0.533. The standard InChI is InChI=1S/C25H25N3O3S/c1-24(2,3)31-21(29)14-25(12-17-7-5-6-8-18(17)13-25)22(30)28(4)23-27-19-10-9-16(15-26)11-20(19)32-23/h5-11H,12-14H2,1-4H3. The van der Waals surface area contributed by atoms with Crippen molar-refractivity contribution in [1.29, 1.82) is 5.26 Å². The summed E-state index contributed by atoms with van der Waals surface area (Å²) in [7, 11) is 1.70. The SMILES string of the molecule is CN(C(=O)C1(CC(=O)OC(C)(C)C)Cc2ccccc2C1)c1nc2ccc(C#N)cc2s1. The molecule has 6 nitrogen and oxygen atoms in total. The van der Waals surface area contributed by atoms with E-state index in [1.165, 1.54) is 11.3 Å². The molecule has 1 aliphatic rings. The number of fused-ring (bicyclic) bond motifs is 2. The lowest BCUT2D eigenvalue weighted by atomic mass is 9.80. The zero-order chi connectivity index (χ0) is 23.1. The molecule has 1 heterocycles. The summed E-state index contributed by atoms with van der Waals surface area (Å²) in [6, 6.07) is 15.3. The Morgan fingerprint density at radius 3 is 2.44 bits per heavy atom. The third-order valence-corrected chi connectivity index (χ3v) is 6.72. The summed E-state index contributed by atoms with van der Waals surface area (Å²) in [5, 5.41) is 9.70. The van der Waals surface area contributed by atoms with Gasteiger partial charge in [0.2, 0.25) is 5.91 Å². The van der Waals surface area contributed by atoms with Gasteiger partial charge >= 0.3 is 5.97 Å². The number of nitriles is 1. The second kappa shape index (κ2) is 8.03. The molecule has 0 N–H and O–H groups in total. The number of benzene rings is 2. The van der Waals surface area contributed by atoms with Gasteiger partial charge in [-0.1, -0.05) is 35.6 Å². The van der Waals surface area contributed by atoms with Crippen molar-refractivity contribution >= 4 is 38.6 Å². The topological polar surface area (TPSA) is 83.3 Å². The Morgan fingerprint density at radius 2 is 1.84 bits per heavy atom. The number of aromatic nitrogens is 1. The molecule has 0 saturated carbocycles. The summed E-state index contributed by atoms with van der Waals surface area (Å²) < 4.78 is 6.42. The number of amides is 1. The lowest BCUT2D eigenvalue weighted by Crippen LogP contribution is -2.45. The number of anilines is 1. The van der Waals surface area contributed by atoms with Gasteiger partial charge in [-0.25, -0.2) is 4.98 Å². The zero-order valence-corrected chi connectivity index (χ0v) is 19.5. The van der Waals surface area contributed by atoms with E-state index in [1.54, 1.807) is 30.1 Å². The molecule has 2 aromatic carbocycles. The van der Waals surface area contributed by atoms with Gasteiger partial charge in [-0.15, -0.1) is 0 Å². The minimum atomic E-state index is -0.920. The lowest BCUT2D eigenvalue weighted by Gasteiger charge is -2.31. The Hall–Kier alpha value is -3.24. The van der Waals surface area contributed by atoms with Crippen LogP contribution in [0.5, 0.6) is 0 Å². The van der Waals surface area contributed by atoms with Gasteiger partial charge in [0.1, 0.15) is 5.60 Å². The molecule has 0 radical (unpaired) electrons. The first-order valence-electron chi connectivity index (χ1n) is 10.5. The van der Waals surface area contributed by atoms with Gasteiger partial charge < -0.3 is 4.74 Å². The van der Waals surface area contributed by atoms with E-state index in [0.717, 1.165) is 21.3 Å². The van der Waals surface area contributed by atoms with Crippen LogP contribution in [0.1, 0.15) is 43.9 Å². The number of ether oxygens (including phenoxy) is 1. The smallest absolute Gasteiger partial charge is 0.307 e. The molecular weight excluding hydrogens is 422 g/mol. The number of carbonyl (C=O) groups excluding carboxylic acids is 2. The molecule has 32 heavy (non-hydrogen) atoms. The number of hydrogen-bond donors (Lipinski definition) is 0. The van der Waals surface area contributed by atoms with Crippen LogP contribution in [0, 0.1) is 16.7 Å². The van der Waals surface area contributed by atoms with E-state index in [-0.39, 0.29) is 18.3 Å². The monoisotopic (exact) mass is 447 g/mol. The molecule has 1 amide bonds. The van der Waals surface area contributed by atoms with Crippen LogP contribution in [-0.2, 0) is 27.2 Å². The van der Waals surface area contributed by atoms with Crippen LogP contribution in [0.2, 0.25) is 0 Å². The van der Waals surface area contributed by atoms with E-state index in [0.29, 0.717) is 23.5 Å². The van der Waals surface area contributed by atoms with E-state index in [1.807, 2.05) is 45.0 Å². The van der Waals surface area contributed by atoms with Crippen LogP contribution >= 0.6 is 11.3 Å². The Labute approximate surface area is 191 Å². The van der Waals surface area contributed by atoms with Crippen molar-refractivity contribution in [2.45, 2.75) is 45.6 Å². The molecule has 0 atom stereocenters. The van der Waals surface area contributed by atoms with Crippen molar-refractivity contribution in [3.63, 3.8) is 0 Å². The van der Waals surface area contributed by atoms with Crippen molar-refractivity contribution in [3.05, 3.63) is 59.2 Å². The van der Waals surface area contributed by atoms with Crippen LogP contribution in [0.3, 0.4) is 0 Å². The summed E-state index contributed by atoms with van der Waals surface area (Å²) in [4.78, 5) is 32.8. The highest BCUT2D eigenvalue weighted by Gasteiger charge is 2.48. The van der Waals surface area contributed by atoms with E-state index < -0.39 is 11.0 Å². The maximum absolute atomic E-state index is 13.9. The van der Waals surface area contributed by atoms with Crippen molar-refractivity contribution in [1.82, 2.24) is 4.98 Å². The van der Waals surface area contributed by atoms with E-state index in [9.17, 15) is 9.59 Å². The third-order valence-electron chi connectivity index (χ3n) is 5.63. The van der Waals surface area contributed by atoms with Crippen LogP contribution < -0.4 is 4.90 Å². The van der Waals surface area contributed by atoms with Crippen molar-refractivity contribution in [3.8, 4) is 6.07 Å². The van der Waals surface area contributed by atoms with E-state index in [4.69, 9.17) is 10.00 Å². The van der Waals surface area contributed by atoms with Gasteiger partial charge in [-0.2, -0.15) is 5.26 Å². The third kappa shape index (κ3) is 4.23. The minimum absolute atomic E-state index is 0.00555. The Kier molecular flexibility index (Phi) is 5.51. The molecule has 3 aromatic rings. The average molecular weight is 448 g/mol. The summed E-state index contributed by atoms with van der Waals surface area (Å²) in [5.41, 5.74) is 1.91. The largest absolute Gasteiger partial charge is 0.460 e. The first-order chi connectivity index (χ1) is 15.1. The van der Waals surface area contributed by atoms with Crippen LogP contribution in [-0.4, -0.2) is 29.5 Å². The fraction of sp³-hybridized carbons (Fsp3) is 0.360. The fourth-order valence-corrected chi connectivity index (χ4v) is 5.23. The molecule has 1 aromatic heterocycles. The highest BCUT2D eigenvalue weighted by Crippen LogP contribution is 2.43. The van der Waals surface area contributed by atoms with Crippen LogP contribution in [0.4, 0.5) is 5.13 Å². The van der Waals surface area contributed by atoms with Crippen LogP contribution in [0.15, 0.2) is 42.5 Å². The summed E-state index contributed by atoms with van der Waals surface area (Å²) in [6.45, 7) is 5.47. The Balaban J connectivity index is 1.67. The zero-order valence-electron chi connectivity index (χ0n) is 18.6. The minimum Gasteiger partial charge on any atom is -0.460 e. The van der Waals surface area contributed by atoms with Gasteiger partial charge in [0.05, 0.1) is 33.7 Å². The number of nitrogens with zero attached hydrogens (tertiary/aromatic N) is 3. The molecule has 4 rings (SSSR count). The number of carbonyl (C=O) groups is 2. The van der Waals surface area contributed by atoms with E-state index in [2.05, 4.69) is 11.1 Å². The molecule has 0 saturated heterocycles. The predicted octanol–water partition coefficient (Wildman–Crippen LogP) is 4.65. The van der Waals surface area contributed by atoms with Crippen LogP contribution in [0.25, 0.3) is 10.2 Å². The van der Waals surface area contributed by atoms with Gasteiger partial charge in [0.25, 0.3) is 0 Å². The highest BCUT2D eigenvalue weighted by molar-refractivity contribution is 7.22. The Morgan fingerprint density at radius 1 is 1.19 bits per heavy atom. The van der Waals surface area contributed by atoms with Gasteiger partial charge in [0.15, 0.2) is 5.13 Å². The maximum Gasteiger partial charge on any atom is 0.307 e. The number of rotatable bonds is 4. The molecule has 0 unspecified atom stereocenters. The second-order valence-corrected chi connectivity index (χ2v) is 10.3. The van der Waals surface area contributed by atoms with Gasteiger partial charge in [-0.3, -0.25) is 14.5 Å². The average Bonchev–Trinajstić information content (AvgIpc) is 3.31. The molecule has 0 bridgehead atoms. The summed E-state index contributed by atoms with van der Waals surface area (Å²) in [6.07, 6.45) is 0.968. The molecule has 0 aliphatic heterocycles. The number of thiazole rings is 1. The second-order valence-electron chi connectivity index (χ2n) is 9.32. The number of esters is 1. The molecule has 164 valence electrons. The highest BCUT2D eigenvalue weighted by atomic mass is 32.1. The normalized spacial score (nSPS) is 14.6. The molecule has 0 spiro atoms. The number of hydrogen-bond acceptors (Lipinski definition) is 6. The maximum atomic E-state index is 13.9. The van der Waals surface area contributed by atoms with Crippen molar-refractivity contribution < 1.29 is 14.3 Å². The van der Waals surface area contributed by atoms with Gasteiger partial charge in [0, 0.05) is 7.05 Å². The van der Waals surface area contributed by atoms with Crippen molar-refractivity contribution in [2.75, 3.05) is 11.9 Å². The quantitative estimate of drug-likeness (QED) is 0.544. The molecular formula is C25H25N3O3S. The van der Waals surface area contributed by atoms with Gasteiger partial charge in [-0.05, 0) is 62.9 Å². The molecule has 1 aliphatic carbocycles. The first-order valence-corrected chi connectivity index (χ1v) is 11.3. The van der Waals surface area contributed by atoms with E-state index >= 15 is 0 Å². The van der Waals surface area contributed by atoms with Crippen molar-refractivity contribution in [2.24, 2.45) is 5.41 Å². The first kappa shape index (κ1) is 22.0. The fourth-order valence-electron chi connectivity index (χ4n) is 4.27. The molecule has 7 heteroatoms. The predicted molar refractivity (Wildman–Crippen MR) is 124 cm³/mol. The Bertz CT molecular complexity index is 1220.